The number of aromatic nitrogens is 2. The van der Waals surface area contributed by atoms with Crippen LogP contribution in [0.1, 0.15) is 5.69 Å². The first-order valence-corrected chi connectivity index (χ1v) is 6.94. The van der Waals surface area contributed by atoms with E-state index >= 15 is 0 Å². The molecule has 0 saturated heterocycles. The van der Waals surface area contributed by atoms with Gasteiger partial charge in [0.25, 0.3) is 0 Å². The van der Waals surface area contributed by atoms with Crippen molar-refractivity contribution in [1.29, 1.82) is 0 Å². The van der Waals surface area contributed by atoms with Crippen LogP contribution in [0.3, 0.4) is 0 Å². The predicted octanol–water partition coefficient (Wildman–Crippen LogP) is 1.39. The van der Waals surface area contributed by atoms with Gasteiger partial charge in [-0.3, -0.25) is 4.79 Å². The molecule has 0 saturated carbocycles. The number of carboxylic acid groups (broad SMARTS) is 1. The zero-order chi connectivity index (χ0) is 14.7. The van der Waals surface area contributed by atoms with Crippen molar-refractivity contribution in [1.82, 2.24) is 9.78 Å². The summed E-state index contributed by atoms with van der Waals surface area (Å²) in [5.41, 5.74) is 6.82. The van der Waals surface area contributed by atoms with Crippen LogP contribution in [0.25, 0.3) is 5.69 Å². The summed E-state index contributed by atoms with van der Waals surface area (Å²) in [4.78, 5) is 11.2. The van der Waals surface area contributed by atoms with Gasteiger partial charge in [-0.1, -0.05) is 18.2 Å². The maximum Gasteiger partial charge on any atom is 0.321 e. The van der Waals surface area contributed by atoms with Crippen molar-refractivity contribution >= 4 is 17.7 Å². The molecule has 20 heavy (non-hydrogen) atoms. The van der Waals surface area contributed by atoms with E-state index in [1.165, 1.54) is 16.4 Å². The highest BCUT2D eigenvalue weighted by molar-refractivity contribution is 7.99. The van der Waals surface area contributed by atoms with Gasteiger partial charge in [0, 0.05) is 5.75 Å². The van der Waals surface area contributed by atoms with Gasteiger partial charge in [0.2, 0.25) is 5.88 Å². The van der Waals surface area contributed by atoms with Gasteiger partial charge < -0.3 is 15.9 Å². The summed E-state index contributed by atoms with van der Waals surface area (Å²) in [6, 6.07) is 8.24. The molecule has 1 heterocycles. The molecule has 0 bridgehead atoms. The van der Waals surface area contributed by atoms with E-state index < -0.39 is 12.0 Å². The molecule has 0 fully saturated rings. The molecular weight excluding hydrogens is 278 g/mol. The van der Waals surface area contributed by atoms with Crippen molar-refractivity contribution in [3.8, 4) is 11.6 Å². The minimum absolute atomic E-state index is 0.00344. The minimum Gasteiger partial charge on any atom is -0.492 e. The van der Waals surface area contributed by atoms with Crippen molar-refractivity contribution in [3.63, 3.8) is 0 Å². The van der Waals surface area contributed by atoms with Crippen molar-refractivity contribution in [3.05, 3.63) is 36.0 Å². The number of hydrogen-bond donors (Lipinski definition) is 3. The third-order valence-electron chi connectivity index (χ3n) is 2.71. The second-order valence-corrected chi connectivity index (χ2v) is 5.27. The highest BCUT2D eigenvalue weighted by Crippen LogP contribution is 2.33. The Kier molecular flexibility index (Phi) is 4.31. The van der Waals surface area contributed by atoms with Gasteiger partial charge in [0.05, 0.1) is 16.3 Å². The van der Waals surface area contributed by atoms with E-state index in [1.54, 1.807) is 6.92 Å². The van der Waals surface area contributed by atoms with E-state index in [1.807, 2.05) is 30.3 Å². The quantitative estimate of drug-likeness (QED) is 0.720. The summed E-state index contributed by atoms with van der Waals surface area (Å²) >= 11 is 1.19. The molecule has 2 aromatic rings. The number of aliphatic carboxylic acids is 1. The van der Waals surface area contributed by atoms with Crippen molar-refractivity contribution in [2.75, 3.05) is 5.75 Å². The van der Waals surface area contributed by atoms with E-state index in [9.17, 15) is 9.90 Å². The van der Waals surface area contributed by atoms with Crippen LogP contribution in [0, 0.1) is 6.92 Å². The Labute approximate surface area is 120 Å². The zero-order valence-corrected chi connectivity index (χ0v) is 11.7. The van der Waals surface area contributed by atoms with Crippen LogP contribution in [0.5, 0.6) is 5.88 Å². The second kappa shape index (κ2) is 5.98. The third-order valence-corrected chi connectivity index (χ3v) is 4.00. The molecule has 0 aliphatic heterocycles. The lowest BCUT2D eigenvalue weighted by Crippen LogP contribution is -2.32. The first-order chi connectivity index (χ1) is 9.50. The Morgan fingerprint density at radius 1 is 1.45 bits per heavy atom. The molecule has 1 unspecified atom stereocenters. The lowest BCUT2D eigenvalue weighted by molar-refractivity contribution is -0.137. The molecule has 0 amide bonds. The van der Waals surface area contributed by atoms with Crippen molar-refractivity contribution in [2.45, 2.75) is 17.9 Å². The van der Waals surface area contributed by atoms with Crippen LogP contribution in [-0.2, 0) is 4.79 Å². The maximum atomic E-state index is 10.7. The molecule has 0 aliphatic carbocycles. The summed E-state index contributed by atoms with van der Waals surface area (Å²) in [5, 5.41) is 23.2. The lowest BCUT2D eigenvalue weighted by atomic mass is 10.3. The highest BCUT2D eigenvalue weighted by Gasteiger charge is 2.19. The third kappa shape index (κ3) is 2.94. The summed E-state index contributed by atoms with van der Waals surface area (Å²) in [6.45, 7) is 1.76. The Balaban J connectivity index is 2.24. The van der Waals surface area contributed by atoms with E-state index in [0.29, 0.717) is 10.6 Å². The topological polar surface area (TPSA) is 101 Å². The van der Waals surface area contributed by atoms with Gasteiger partial charge >= 0.3 is 5.97 Å². The molecule has 7 heteroatoms. The summed E-state index contributed by atoms with van der Waals surface area (Å²) < 4.78 is 1.42. The molecule has 0 spiro atoms. The van der Waals surface area contributed by atoms with Crippen LogP contribution in [-0.4, -0.2) is 37.8 Å². The Hall–Kier alpha value is -1.99. The summed E-state index contributed by atoms with van der Waals surface area (Å²) in [6.07, 6.45) is 0. The smallest absolute Gasteiger partial charge is 0.321 e. The minimum atomic E-state index is -1.06. The molecule has 2 rings (SSSR count). The molecule has 0 radical (unpaired) electrons. The molecule has 106 valence electrons. The van der Waals surface area contributed by atoms with Crippen LogP contribution in [0.4, 0.5) is 0 Å². The molecule has 1 aromatic carbocycles. The number of nitrogens with two attached hydrogens (primary N) is 1. The largest absolute Gasteiger partial charge is 0.492 e. The number of carbonyl (C=O) groups is 1. The van der Waals surface area contributed by atoms with Crippen LogP contribution >= 0.6 is 11.8 Å². The van der Waals surface area contributed by atoms with Gasteiger partial charge in [0.15, 0.2) is 0 Å². The normalized spacial score (nSPS) is 12.3. The number of rotatable bonds is 5. The number of thioether (sulfide) groups is 1. The van der Waals surface area contributed by atoms with Gasteiger partial charge in [-0.2, -0.15) is 9.78 Å². The first-order valence-electron chi connectivity index (χ1n) is 5.96. The Morgan fingerprint density at radius 3 is 2.70 bits per heavy atom. The van der Waals surface area contributed by atoms with Crippen molar-refractivity contribution in [2.24, 2.45) is 5.73 Å². The fourth-order valence-corrected chi connectivity index (χ4v) is 2.62. The summed E-state index contributed by atoms with van der Waals surface area (Å²) in [7, 11) is 0. The number of hydrogen-bond acceptors (Lipinski definition) is 5. The zero-order valence-electron chi connectivity index (χ0n) is 10.9. The predicted molar refractivity (Wildman–Crippen MR) is 76.3 cm³/mol. The Bertz CT molecular complexity index is 613. The van der Waals surface area contributed by atoms with Gasteiger partial charge in [-0.25, -0.2) is 0 Å². The van der Waals surface area contributed by atoms with E-state index in [4.69, 9.17) is 10.8 Å². The number of benzene rings is 1. The van der Waals surface area contributed by atoms with E-state index in [-0.39, 0.29) is 11.6 Å². The van der Waals surface area contributed by atoms with Gasteiger partial charge in [-0.15, -0.1) is 11.8 Å². The number of carboxylic acids is 1. The SMILES string of the molecule is Cc1nn(-c2ccccc2)c(O)c1SCC(N)C(=O)O. The van der Waals surface area contributed by atoms with Gasteiger partial charge in [-0.05, 0) is 19.1 Å². The fourth-order valence-electron chi connectivity index (χ4n) is 1.66. The second-order valence-electron chi connectivity index (χ2n) is 4.24. The van der Waals surface area contributed by atoms with Crippen LogP contribution in [0.15, 0.2) is 35.2 Å². The monoisotopic (exact) mass is 293 g/mol. The Morgan fingerprint density at radius 2 is 2.10 bits per heavy atom. The first kappa shape index (κ1) is 14.4. The molecule has 6 nitrogen and oxygen atoms in total. The van der Waals surface area contributed by atoms with E-state index in [2.05, 4.69) is 5.10 Å². The average Bonchev–Trinajstić information content (AvgIpc) is 2.72. The number of aryl methyl sites for hydroxylation is 1. The fraction of sp³-hybridized carbons (Fsp3) is 0.231. The molecule has 1 atom stereocenters. The maximum absolute atomic E-state index is 10.7. The standard InChI is InChI=1S/C13H15N3O3S/c1-8-11(20-7-10(14)13(18)19)12(17)16(15-8)9-5-3-2-4-6-9/h2-6,10,17H,7,14H2,1H3,(H,18,19). The number of aromatic hydroxyl groups is 1. The number of para-hydroxylation sites is 1. The van der Waals surface area contributed by atoms with Crippen LogP contribution in [0.2, 0.25) is 0 Å². The molecule has 1 aromatic heterocycles. The molecular formula is C13H15N3O3S. The average molecular weight is 293 g/mol. The molecule has 4 N–H and O–H groups in total. The van der Waals surface area contributed by atoms with Gasteiger partial charge in [0.1, 0.15) is 6.04 Å². The lowest BCUT2D eigenvalue weighted by Gasteiger charge is -2.06. The number of nitrogens with zero attached hydrogens (tertiary/aromatic N) is 2. The van der Waals surface area contributed by atoms with E-state index in [0.717, 1.165) is 5.69 Å². The summed E-state index contributed by atoms with van der Waals surface area (Å²) in [5.74, 6) is -0.897. The highest BCUT2D eigenvalue weighted by atomic mass is 32.2. The van der Waals surface area contributed by atoms with Crippen LogP contribution < -0.4 is 5.73 Å². The van der Waals surface area contributed by atoms with Crippen molar-refractivity contribution < 1.29 is 15.0 Å². The molecule has 0 aliphatic rings.